The first-order valence-electron chi connectivity index (χ1n) is 7.26. The summed E-state index contributed by atoms with van der Waals surface area (Å²) in [6, 6.07) is 12.7. The Labute approximate surface area is 125 Å². The Bertz CT molecular complexity index is 634. The highest BCUT2D eigenvalue weighted by atomic mass is 16.5. The van der Waals surface area contributed by atoms with E-state index in [9.17, 15) is 0 Å². The molecule has 0 aromatic heterocycles. The molecule has 3 heteroatoms. The fourth-order valence-electron chi connectivity index (χ4n) is 2.83. The molecule has 0 amide bonds. The summed E-state index contributed by atoms with van der Waals surface area (Å²) in [6.07, 6.45) is 1.09. The predicted molar refractivity (Wildman–Crippen MR) is 85.7 cm³/mol. The lowest BCUT2D eigenvalue weighted by Gasteiger charge is -2.31. The lowest BCUT2D eigenvalue weighted by Crippen LogP contribution is -2.24. The van der Waals surface area contributed by atoms with Gasteiger partial charge in [0, 0.05) is 18.2 Å². The van der Waals surface area contributed by atoms with Crippen LogP contribution >= 0.6 is 0 Å². The average molecular weight is 283 g/mol. The monoisotopic (exact) mass is 283 g/mol. The van der Waals surface area contributed by atoms with Crippen molar-refractivity contribution >= 4 is 5.69 Å². The standard InChI is InChI=1S/C18H21NO2/c1-12-4-6-15(7-5-12)19-11-14-8-13-9-17(20-2)18(21-3)10-16(13)14/h4-7,9-10,14,19H,8,11H2,1-3H3/t14-/m1/s1. The second-order valence-electron chi connectivity index (χ2n) is 5.55. The van der Waals surface area contributed by atoms with Gasteiger partial charge in [-0.1, -0.05) is 17.7 Å². The van der Waals surface area contributed by atoms with E-state index in [1.807, 2.05) is 0 Å². The van der Waals surface area contributed by atoms with E-state index in [1.165, 1.54) is 22.4 Å². The van der Waals surface area contributed by atoms with E-state index in [0.29, 0.717) is 5.92 Å². The van der Waals surface area contributed by atoms with Crippen molar-refractivity contribution < 1.29 is 9.47 Å². The molecule has 0 radical (unpaired) electrons. The number of hydrogen-bond acceptors (Lipinski definition) is 3. The number of anilines is 1. The maximum Gasteiger partial charge on any atom is 0.161 e. The first-order chi connectivity index (χ1) is 10.2. The van der Waals surface area contributed by atoms with Crippen LogP contribution in [-0.2, 0) is 6.42 Å². The van der Waals surface area contributed by atoms with Gasteiger partial charge in [-0.05, 0) is 48.7 Å². The molecule has 3 nitrogen and oxygen atoms in total. The van der Waals surface area contributed by atoms with Crippen LogP contribution in [0.1, 0.15) is 22.6 Å². The third-order valence-electron chi connectivity index (χ3n) is 4.16. The first kappa shape index (κ1) is 13.8. The topological polar surface area (TPSA) is 30.5 Å². The van der Waals surface area contributed by atoms with Gasteiger partial charge in [0.15, 0.2) is 11.5 Å². The number of fused-ring (bicyclic) bond motifs is 1. The van der Waals surface area contributed by atoms with Gasteiger partial charge in [0.1, 0.15) is 0 Å². The molecule has 1 aliphatic rings. The van der Waals surface area contributed by atoms with Crippen LogP contribution in [0.25, 0.3) is 0 Å². The Morgan fingerprint density at radius 3 is 2.38 bits per heavy atom. The van der Waals surface area contributed by atoms with Crippen molar-refractivity contribution in [2.45, 2.75) is 19.3 Å². The predicted octanol–water partition coefficient (Wildman–Crippen LogP) is 3.76. The largest absolute Gasteiger partial charge is 0.493 e. The van der Waals surface area contributed by atoms with Crippen LogP contribution in [0.3, 0.4) is 0 Å². The van der Waals surface area contributed by atoms with Gasteiger partial charge in [0.2, 0.25) is 0 Å². The zero-order chi connectivity index (χ0) is 14.8. The molecule has 0 bridgehead atoms. The van der Waals surface area contributed by atoms with Gasteiger partial charge in [-0.25, -0.2) is 0 Å². The van der Waals surface area contributed by atoms with E-state index in [-0.39, 0.29) is 0 Å². The van der Waals surface area contributed by atoms with Gasteiger partial charge < -0.3 is 14.8 Å². The Morgan fingerprint density at radius 2 is 1.71 bits per heavy atom. The van der Waals surface area contributed by atoms with E-state index in [1.54, 1.807) is 14.2 Å². The smallest absolute Gasteiger partial charge is 0.161 e. The van der Waals surface area contributed by atoms with Crippen LogP contribution in [0.5, 0.6) is 11.5 Å². The third-order valence-corrected chi connectivity index (χ3v) is 4.16. The SMILES string of the molecule is COc1cc2c(cc1OC)[C@@H](CNc1ccc(C)cc1)C2. The van der Waals surface area contributed by atoms with Crippen molar-refractivity contribution in [2.75, 3.05) is 26.1 Å². The summed E-state index contributed by atoms with van der Waals surface area (Å²) in [6.45, 7) is 3.05. The van der Waals surface area contributed by atoms with Gasteiger partial charge in [0.25, 0.3) is 0 Å². The van der Waals surface area contributed by atoms with Gasteiger partial charge in [-0.2, -0.15) is 0 Å². The summed E-state index contributed by atoms with van der Waals surface area (Å²) < 4.78 is 10.7. The highest BCUT2D eigenvalue weighted by molar-refractivity contribution is 5.54. The Kier molecular flexibility index (Phi) is 3.74. The van der Waals surface area contributed by atoms with Crippen LogP contribution in [0.2, 0.25) is 0 Å². The summed E-state index contributed by atoms with van der Waals surface area (Å²) in [5.74, 6) is 2.18. The van der Waals surface area contributed by atoms with E-state index >= 15 is 0 Å². The van der Waals surface area contributed by atoms with E-state index < -0.39 is 0 Å². The summed E-state index contributed by atoms with van der Waals surface area (Å²) in [5.41, 5.74) is 5.19. The maximum absolute atomic E-state index is 5.38. The molecule has 1 N–H and O–H groups in total. The Morgan fingerprint density at radius 1 is 1.05 bits per heavy atom. The molecular formula is C18H21NO2. The molecule has 2 aromatic rings. The van der Waals surface area contributed by atoms with E-state index in [0.717, 1.165) is 24.5 Å². The lowest BCUT2D eigenvalue weighted by molar-refractivity contribution is 0.352. The van der Waals surface area contributed by atoms with Crippen LogP contribution < -0.4 is 14.8 Å². The fourth-order valence-corrected chi connectivity index (χ4v) is 2.83. The molecule has 0 unspecified atom stereocenters. The van der Waals surface area contributed by atoms with E-state index in [2.05, 4.69) is 48.6 Å². The van der Waals surface area contributed by atoms with Crippen molar-refractivity contribution in [2.24, 2.45) is 0 Å². The molecule has 2 aromatic carbocycles. The molecule has 0 heterocycles. The Balaban J connectivity index is 1.68. The average Bonchev–Trinajstić information content (AvgIpc) is 2.49. The number of nitrogens with one attached hydrogen (secondary N) is 1. The van der Waals surface area contributed by atoms with E-state index in [4.69, 9.17) is 9.47 Å². The number of aryl methyl sites for hydroxylation is 1. The van der Waals surface area contributed by atoms with Gasteiger partial charge in [-0.15, -0.1) is 0 Å². The number of benzene rings is 2. The lowest BCUT2D eigenvalue weighted by atomic mass is 9.77. The minimum absolute atomic E-state index is 0.543. The number of rotatable bonds is 5. The molecule has 0 saturated carbocycles. The minimum Gasteiger partial charge on any atom is -0.493 e. The summed E-state index contributed by atoms with van der Waals surface area (Å²) in [7, 11) is 3.36. The molecule has 0 spiro atoms. The number of methoxy groups -OCH3 is 2. The molecule has 110 valence electrons. The van der Waals surface area contributed by atoms with Crippen molar-refractivity contribution in [1.29, 1.82) is 0 Å². The van der Waals surface area contributed by atoms with Gasteiger partial charge in [0.05, 0.1) is 14.2 Å². The molecule has 1 atom stereocenters. The van der Waals surface area contributed by atoms with Gasteiger partial charge in [-0.3, -0.25) is 0 Å². The molecular weight excluding hydrogens is 262 g/mol. The molecule has 0 saturated heterocycles. The second-order valence-corrected chi connectivity index (χ2v) is 5.55. The Hall–Kier alpha value is -2.16. The molecule has 0 fully saturated rings. The number of ether oxygens (including phenoxy) is 2. The van der Waals surface area contributed by atoms with Crippen molar-refractivity contribution in [1.82, 2.24) is 0 Å². The highest BCUT2D eigenvalue weighted by Crippen LogP contribution is 2.42. The summed E-state index contributed by atoms with van der Waals surface area (Å²) in [4.78, 5) is 0. The van der Waals surface area contributed by atoms with Crippen LogP contribution in [-0.4, -0.2) is 20.8 Å². The molecule has 3 rings (SSSR count). The van der Waals surface area contributed by atoms with Gasteiger partial charge >= 0.3 is 0 Å². The molecule has 1 aliphatic carbocycles. The van der Waals surface area contributed by atoms with Crippen molar-refractivity contribution in [3.63, 3.8) is 0 Å². The quantitative estimate of drug-likeness (QED) is 0.906. The third kappa shape index (κ3) is 2.68. The fraction of sp³-hybridized carbons (Fsp3) is 0.333. The maximum atomic E-state index is 5.38. The number of hydrogen-bond donors (Lipinski definition) is 1. The van der Waals surface area contributed by atoms with Crippen molar-refractivity contribution in [3.05, 3.63) is 53.1 Å². The zero-order valence-electron chi connectivity index (χ0n) is 12.8. The zero-order valence-corrected chi connectivity index (χ0v) is 12.8. The molecule has 0 aliphatic heterocycles. The summed E-state index contributed by atoms with van der Waals surface area (Å²) in [5, 5.41) is 3.51. The second kappa shape index (κ2) is 5.68. The van der Waals surface area contributed by atoms with Crippen molar-refractivity contribution in [3.8, 4) is 11.5 Å². The normalized spacial score (nSPS) is 15.9. The first-order valence-corrected chi connectivity index (χ1v) is 7.26. The highest BCUT2D eigenvalue weighted by Gasteiger charge is 2.28. The molecule has 21 heavy (non-hydrogen) atoms. The van der Waals surface area contributed by atoms with Crippen LogP contribution in [0, 0.1) is 6.92 Å². The minimum atomic E-state index is 0.543. The van der Waals surface area contributed by atoms with Crippen LogP contribution in [0.4, 0.5) is 5.69 Å². The summed E-state index contributed by atoms with van der Waals surface area (Å²) >= 11 is 0. The van der Waals surface area contributed by atoms with Crippen LogP contribution in [0.15, 0.2) is 36.4 Å².